The normalized spacial score (nSPS) is 12.6. The monoisotopic (exact) mass is 277 g/mol. The van der Waals surface area contributed by atoms with Crippen LogP contribution in [0.1, 0.15) is 36.2 Å². The van der Waals surface area contributed by atoms with Crippen molar-refractivity contribution in [3.8, 4) is 0 Å². The smallest absolute Gasteiger partial charge is 0.0834 e. The lowest BCUT2D eigenvalue weighted by Gasteiger charge is -2.14. The minimum atomic E-state index is -0.0729. The van der Waals surface area contributed by atoms with Crippen molar-refractivity contribution in [1.82, 2.24) is 9.78 Å². The van der Waals surface area contributed by atoms with Crippen LogP contribution in [0.25, 0.3) is 0 Å². The van der Waals surface area contributed by atoms with Crippen molar-refractivity contribution in [2.45, 2.75) is 39.3 Å². The Balaban J connectivity index is 2.03. The Hall–Kier alpha value is -1.32. The van der Waals surface area contributed by atoms with Gasteiger partial charge in [-0.2, -0.15) is 5.10 Å². The zero-order valence-corrected chi connectivity index (χ0v) is 12.2. The Kier molecular flexibility index (Phi) is 4.61. The van der Waals surface area contributed by atoms with Gasteiger partial charge in [-0.3, -0.25) is 4.68 Å². The van der Waals surface area contributed by atoms with Crippen LogP contribution in [0.15, 0.2) is 30.5 Å². The van der Waals surface area contributed by atoms with Crippen LogP contribution >= 0.6 is 11.6 Å². The molecule has 4 heteroatoms. The molecular weight excluding hydrogens is 258 g/mol. The van der Waals surface area contributed by atoms with Gasteiger partial charge in [0.25, 0.3) is 0 Å². The predicted octanol–water partition coefficient (Wildman–Crippen LogP) is 3.50. The third kappa shape index (κ3) is 3.37. The van der Waals surface area contributed by atoms with Crippen molar-refractivity contribution in [3.63, 3.8) is 0 Å². The summed E-state index contributed by atoms with van der Waals surface area (Å²) in [6.45, 7) is 4.93. The van der Waals surface area contributed by atoms with Gasteiger partial charge in [-0.05, 0) is 32.3 Å². The topological polar surface area (TPSA) is 43.8 Å². The van der Waals surface area contributed by atoms with Crippen LogP contribution < -0.4 is 5.73 Å². The second kappa shape index (κ2) is 6.22. The van der Waals surface area contributed by atoms with Gasteiger partial charge in [0.15, 0.2) is 0 Å². The van der Waals surface area contributed by atoms with Gasteiger partial charge in [0.05, 0.1) is 16.9 Å². The molecule has 0 fully saturated rings. The van der Waals surface area contributed by atoms with E-state index in [0.29, 0.717) is 5.02 Å². The summed E-state index contributed by atoms with van der Waals surface area (Å²) < 4.78 is 1.88. The first kappa shape index (κ1) is 14.1. The highest BCUT2D eigenvalue weighted by molar-refractivity contribution is 6.31. The number of halogens is 1. The molecule has 0 saturated heterocycles. The lowest BCUT2D eigenvalue weighted by molar-refractivity contribution is 0.547. The van der Waals surface area contributed by atoms with E-state index in [2.05, 4.69) is 36.3 Å². The average molecular weight is 278 g/mol. The first-order valence-electron chi connectivity index (χ1n) is 6.64. The lowest BCUT2D eigenvalue weighted by atomic mass is 10.0. The Morgan fingerprint density at radius 1 is 1.32 bits per heavy atom. The third-order valence-corrected chi connectivity index (χ3v) is 3.64. The number of hydrogen-bond acceptors (Lipinski definition) is 2. The maximum absolute atomic E-state index is 6.25. The highest BCUT2D eigenvalue weighted by Gasteiger charge is 2.16. The van der Waals surface area contributed by atoms with Crippen LogP contribution in [-0.2, 0) is 13.0 Å². The summed E-state index contributed by atoms with van der Waals surface area (Å²) in [6.07, 6.45) is 3.49. The molecule has 0 radical (unpaired) electrons. The standard InChI is InChI=1S/C15H20ClN3/c1-3-19-15(13(16)10-18-19)14(17)9-8-12-6-4-11(2)5-7-12/h4-7,10,14H,3,8-9,17H2,1-2H3. The molecule has 0 bridgehead atoms. The van der Waals surface area contributed by atoms with Crippen molar-refractivity contribution >= 4 is 11.6 Å². The number of hydrogen-bond donors (Lipinski definition) is 1. The van der Waals surface area contributed by atoms with Gasteiger partial charge in [0, 0.05) is 12.6 Å². The van der Waals surface area contributed by atoms with E-state index < -0.39 is 0 Å². The van der Waals surface area contributed by atoms with Crippen LogP contribution in [0.5, 0.6) is 0 Å². The highest BCUT2D eigenvalue weighted by atomic mass is 35.5. The molecule has 2 N–H and O–H groups in total. The molecule has 0 saturated carbocycles. The molecule has 0 aliphatic heterocycles. The van der Waals surface area contributed by atoms with Gasteiger partial charge in [0.1, 0.15) is 0 Å². The van der Waals surface area contributed by atoms with E-state index in [0.717, 1.165) is 25.1 Å². The van der Waals surface area contributed by atoms with Crippen LogP contribution in [-0.4, -0.2) is 9.78 Å². The van der Waals surface area contributed by atoms with Crippen molar-refractivity contribution in [3.05, 3.63) is 52.3 Å². The van der Waals surface area contributed by atoms with Gasteiger partial charge >= 0.3 is 0 Å². The highest BCUT2D eigenvalue weighted by Crippen LogP contribution is 2.24. The minimum absolute atomic E-state index is 0.0729. The fraction of sp³-hybridized carbons (Fsp3) is 0.400. The van der Waals surface area contributed by atoms with E-state index in [1.165, 1.54) is 11.1 Å². The molecule has 0 spiro atoms. The Morgan fingerprint density at radius 2 is 2.00 bits per heavy atom. The summed E-state index contributed by atoms with van der Waals surface area (Å²) in [4.78, 5) is 0. The molecule has 2 aromatic rings. The number of aryl methyl sites for hydroxylation is 3. The summed E-state index contributed by atoms with van der Waals surface area (Å²) in [5, 5.41) is 4.89. The van der Waals surface area contributed by atoms with Gasteiger partial charge in [-0.1, -0.05) is 41.4 Å². The molecule has 1 aromatic carbocycles. The quantitative estimate of drug-likeness (QED) is 0.909. The fourth-order valence-electron chi connectivity index (χ4n) is 2.21. The molecular formula is C15H20ClN3. The van der Waals surface area contributed by atoms with Crippen LogP contribution in [0.2, 0.25) is 5.02 Å². The summed E-state index contributed by atoms with van der Waals surface area (Å²) in [7, 11) is 0. The lowest BCUT2D eigenvalue weighted by Crippen LogP contribution is -2.17. The van der Waals surface area contributed by atoms with Crippen molar-refractivity contribution in [2.75, 3.05) is 0 Å². The zero-order valence-electron chi connectivity index (χ0n) is 11.4. The molecule has 102 valence electrons. The van der Waals surface area contributed by atoms with Gasteiger partial charge in [-0.25, -0.2) is 0 Å². The van der Waals surface area contributed by atoms with E-state index >= 15 is 0 Å². The second-order valence-corrected chi connectivity index (χ2v) is 5.23. The van der Waals surface area contributed by atoms with Crippen molar-refractivity contribution in [1.29, 1.82) is 0 Å². The van der Waals surface area contributed by atoms with Crippen molar-refractivity contribution < 1.29 is 0 Å². The minimum Gasteiger partial charge on any atom is -0.323 e. The molecule has 3 nitrogen and oxygen atoms in total. The molecule has 1 aromatic heterocycles. The first-order chi connectivity index (χ1) is 9.11. The van der Waals surface area contributed by atoms with E-state index in [9.17, 15) is 0 Å². The summed E-state index contributed by atoms with van der Waals surface area (Å²) in [5.41, 5.74) is 9.77. The SMILES string of the molecule is CCn1ncc(Cl)c1C(N)CCc1ccc(C)cc1. The van der Waals surface area contributed by atoms with Crippen LogP contribution in [0.3, 0.4) is 0 Å². The molecule has 0 aliphatic rings. The van der Waals surface area contributed by atoms with E-state index in [4.69, 9.17) is 17.3 Å². The number of rotatable bonds is 5. The first-order valence-corrected chi connectivity index (χ1v) is 7.02. The van der Waals surface area contributed by atoms with Crippen LogP contribution in [0, 0.1) is 6.92 Å². The molecule has 0 aliphatic carbocycles. The number of nitrogens with two attached hydrogens (primary N) is 1. The number of nitrogens with zero attached hydrogens (tertiary/aromatic N) is 2. The van der Waals surface area contributed by atoms with E-state index in [1.807, 2.05) is 11.6 Å². The summed E-state index contributed by atoms with van der Waals surface area (Å²) >= 11 is 6.16. The van der Waals surface area contributed by atoms with Gasteiger partial charge < -0.3 is 5.73 Å². The average Bonchev–Trinajstić information content (AvgIpc) is 2.79. The van der Waals surface area contributed by atoms with E-state index in [1.54, 1.807) is 6.20 Å². The van der Waals surface area contributed by atoms with Gasteiger partial charge in [-0.15, -0.1) is 0 Å². The molecule has 19 heavy (non-hydrogen) atoms. The third-order valence-electron chi connectivity index (χ3n) is 3.35. The van der Waals surface area contributed by atoms with Gasteiger partial charge in [0.2, 0.25) is 0 Å². The maximum Gasteiger partial charge on any atom is 0.0834 e. The molecule has 1 unspecified atom stereocenters. The Morgan fingerprint density at radius 3 is 2.63 bits per heavy atom. The largest absolute Gasteiger partial charge is 0.323 e. The van der Waals surface area contributed by atoms with Crippen LogP contribution in [0.4, 0.5) is 0 Å². The maximum atomic E-state index is 6.25. The second-order valence-electron chi connectivity index (χ2n) is 4.82. The summed E-state index contributed by atoms with van der Waals surface area (Å²) in [6, 6.07) is 8.49. The zero-order chi connectivity index (χ0) is 13.8. The Bertz CT molecular complexity index is 531. The molecule has 0 amide bonds. The molecule has 1 atom stereocenters. The fourth-order valence-corrected chi connectivity index (χ4v) is 2.49. The summed E-state index contributed by atoms with van der Waals surface area (Å²) in [5.74, 6) is 0. The Labute approximate surface area is 119 Å². The molecule has 1 heterocycles. The van der Waals surface area contributed by atoms with Crippen molar-refractivity contribution in [2.24, 2.45) is 5.73 Å². The predicted molar refractivity (Wildman–Crippen MR) is 79.3 cm³/mol. The molecule has 2 rings (SSSR count). The van der Waals surface area contributed by atoms with E-state index in [-0.39, 0.29) is 6.04 Å². The number of benzene rings is 1. The number of aromatic nitrogens is 2.